The largest absolute Gasteiger partial charge is 0.444 e. The Morgan fingerprint density at radius 3 is 2.73 bits per heavy atom. The van der Waals surface area contributed by atoms with E-state index in [9.17, 15) is 4.79 Å². The Morgan fingerprint density at radius 1 is 1.36 bits per heavy atom. The van der Waals surface area contributed by atoms with E-state index in [1.54, 1.807) is 0 Å². The van der Waals surface area contributed by atoms with Crippen molar-refractivity contribution < 1.29 is 14.3 Å². The van der Waals surface area contributed by atoms with Gasteiger partial charge in [-0.15, -0.1) is 0 Å². The van der Waals surface area contributed by atoms with Crippen LogP contribution in [0.3, 0.4) is 0 Å². The van der Waals surface area contributed by atoms with E-state index in [4.69, 9.17) is 9.47 Å². The SMILES string of the molecule is CC(C)COCCCNCC1CCCN1C(=O)OC(C)(C)C. The Balaban J connectivity index is 2.17. The summed E-state index contributed by atoms with van der Waals surface area (Å²) in [5.74, 6) is 0.592. The number of nitrogens with one attached hydrogen (secondary N) is 1. The summed E-state index contributed by atoms with van der Waals surface area (Å²) in [6.07, 6.45) is 2.93. The summed E-state index contributed by atoms with van der Waals surface area (Å²) in [5.41, 5.74) is -0.425. The van der Waals surface area contributed by atoms with Crippen LogP contribution in [0.25, 0.3) is 0 Å². The van der Waals surface area contributed by atoms with E-state index in [0.29, 0.717) is 5.92 Å². The summed E-state index contributed by atoms with van der Waals surface area (Å²) in [6, 6.07) is 0.256. The molecule has 0 radical (unpaired) electrons. The molecule has 0 aliphatic carbocycles. The van der Waals surface area contributed by atoms with Crippen molar-refractivity contribution in [2.24, 2.45) is 5.92 Å². The first-order valence-corrected chi connectivity index (χ1v) is 8.57. The fraction of sp³-hybridized carbons (Fsp3) is 0.941. The van der Waals surface area contributed by atoms with Gasteiger partial charge in [-0.25, -0.2) is 4.79 Å². The summed E-state index contributed by atoms with van der Waals surface area (Å²) in [6.45, 7) is 14.2. The van der Waals surface area contributed by atoms with Gasteiger partial charge in [-0.3, -0.25) is 0 Å². The Labute approximate surface area is 135 Å². The van der Waals surface area contributed by atoms with Gasteiger partial charge in [0.2, 0.25) is 0 Å². The summed E-state index contributed by atoms with van der Waals surface area (Å²) in [5, 5.41) is 3.43. The van der Waals surface area contributed by atoms with Crippen molar-refractivity contribution in [3.8, 4) is 0 Å². The van der Waals surface area contributed by atoms with Gasteiger partial charge in [0.25, 0.3) is 0 Å². The standard InChI is InChI=1S/C17H34N2O3/c1-14(2)13-21-11-7-9-18-12-15-8-6-10-19(15)16(20)22-17(3,4)5/h14-15,18H,6-13H2,1-5H3. The van der Waals surface area contributed by atoms with Crippen LogP contribution < -0.4 is 5.32 Å². The first-order chi connectivity index (χ1) is 10.3. The molecule has 1 aliphatic rings. The van der Waals surface area contributed by atoms with Crippen LogP contribution >= 0.6 is 0 Å². The van der Waals surface area contributed by atoms with Crippen LogP contribution in [0, 0.1) is 5.92 Å². The molecule has 1 atom stereocenters. The van der Waals surface area contributed by atoms with E-state index in [0.717, 1.165) is 52.1 Å². The number of nitrogens with zero attached hydrogens (tertiary/aromatic N) is 1. The highest BCUT2D eigenvalue weighted by molar-refractivity contribution is 5.69. The average molecular weight is 314 g/mol. The Kier molecular flexibility index (Phi) is 8.18. The van der Waals surface area contributed by atoms with Crippen molar-refractivity contribution in [2.45, 2.75) is 65.5 Å². The third-order valence-corrected chi connectivity index (χ3v) is 3.48. The smallest absolute Gasteiger partial charge is 0.410 e. The monoisotopic (exact) mass is 314 g/mol. The first-order valence-electron chi connectivity index (χ1n) is 8.57. The molecule has 1 N–H and O–H groups in total. The van der Waals surface area contributed by atoms with Crippen LogP contribution in [0.1, 0.15) is 53.9 Å². The summed E-state index contributed by atoms with van der Waals surface area (Å²) < 4.78 is 11.0. The maximum Gasteiger partial charge on any atom is 0.410 e. The van der Waals surface area contributed by atoms with Gasteiger partial charge in [-0.1, -0.05) is 13.8 Å². The number of likely N-dealkylation sites (tertiary alicyclic amines) is 1. The van der Waals surface area contributed by atoms with Crippen LogP contribution in [-0.2, 0) is 9.47 Å². The van der Waals surface area contributed by atoms with Crippen LogP contribution in [0.4, 0.5) is 4.79 Å². The minimum Gasteiger partial charge on any atom is -0.444 e. The lowest BCUT2D eigenvalue weighted by molar-refractivity contribution is 0.0226. The third kappa shape index (κ3) is 7.99. The number of hydrogen-bond acceptors (Lipinski definition) is 4. The fourth-order valence-electron chi connectivity index (χ4n) is 2.50. The maximum absolute atomic E-state index is 12.2. The highest BCUT2D eigenvalue weighted by atomic mass is 16.6. The normalized spacial score (nSPS) is 19.0. The number of ether oxygens (including phenoxy) is 2. The molecule has 1 heterocycles. The van der Waals surface area contributed by atoms with Gasteiger partial charge in [0.1, 0.15) is 5.60 Å². The molecule has 0 aromatic heterocycles. The van der Waals surface area contributed by atoms with E-state index in [1.165, 1.54) is 0 Å². The molecule has 0 spiro atoms. The summed E-state index contributed by atoms with van der Waals surface area (Å²) in [4.78, 5) is 14.0. The zero-order valence-corrected chi connectivity index (χ0v) is 15.0. The third-order valence-electron chi connectivity index (χ3n) is 3.48. The number of carbonyl (C=O) groups excluding carboxylic acids is 1. The van der Waals surface area contributed by atoms with Crippen LogP contribution in [0.5, 0.6) is 0 Å². The lowest BCUT2D eigenvalue weighted by Crippen LogP contribution is -2.44. The molecule has 1 saturated heterocycles. The van der Waals surface area contributed by atoms with Gasteiger partial charge < -0.3 is 19.7 Å². The summed E-state index contributed by atoms with van der Waals surface area (Å²) in [7, 11) is 0. The van der Waals surface area contributed by atoms with Crippen molar-refractivity contribution in [1.29, 1.82) is 0 Å². The predicted molar refractivity (Wildman–Crippen MR) is 89.1 cm³/mol. The molecule has 22 heavy (non-hydrogen) atoms. The molecule has 1 rings (SSSR count). The second-order valence-corrected chi connectivity index (χ2v) is 7.50. The zero-order chi connectivity index (χ0) is 16.6. The second kappa shape index (κ2) is 9.36. The minimum atomic E-state index is -0.425. The van der Waals surface area contributed by atoms with Crippen LogP contribution in [-0.4, -0.2) is 55.5 Å². The molecular weight excluding hydrogens is 280 g/mol. The average Bonchev–Trinajstić information content (AvgIpc) is 2.83. The van der Waals surface area contributed by atoms with E-state index >= 15 is 0 Å². The quantitative estimate of drug-likeness (QED) is 0.700. The van der Waals surface area contributed by atoms with Gasteiger partial charge in [0, 0.05) is 32.3 Å². The van der Waals surface area contributed by atoms with E-state index in [2.05, 4.69) is 19.2 Å². The molecule has 130 valence electrons. The molecule has 0 aromatic rings. The highest BCUT2D eigenvalue weighted by Crippen LogP contribution is 2.20. The second-order valence-electron chi connectivity index (χ2n) is 7.50. The zero-order valence-electron chi connectivity index (χ0n) is 15.0. The van der Waals surface area contributed by atoms with Crippen molar-refractivity contribution in [1.82, 2.24) is 10.2 Å². The van der Waals surface area contributed by atoms with Crippen LogP contribution in [0.15, 0.2) is 0 Å². The topological polar surface area (TPSA) is 50.8 Å². The van der Waals surface area contributed by atoms with Crippen molar-refractivity contribution in [2.75, 3.05) is 32.8 Å². The van der Waals surface area contributed by atoms with E-state index < -0.39 is 5.60 Å². The van der Waals surface area contributed by atoms with Gasteiger partial charge in [0.15, 0.2) is 0 Å². The molecule has 0 aromatic carbocycles. The first kappa shape index (κ1) is 19.2. The molecule has 0 bridgehead atoms. The van der Waals surface area contributed by atoms with Crippen molar-refractivity contribution in [3.63, 3.8) is 0 Å². The summed E-state index contributed by atoms with van der Waals surface area (Å²) >= 11 is 0. The van der Waals surface area contributed by atoms with Crippen LogP contribution in [0.2, 0.25) is 0 Å². The number of carbonyl (C=O) groups is 1. The van der Waals surface area contributed by atoms with E-state index in [1.807, 2.05) is 25.7 Å². The van der Waals surface area contributed by atoms with Gasteiger partial charge in [-0.2, -0.15) is 0 Å². The Hall–Kier alpha value is -0.810. The van der Waals surface area contributed by atoms with Gasteiger partial charge in [-0.05, 0) is 52.5 Å². The van der Waals surface area contributed by atoms with E-state index in [-0.39, 0.29) is 12.1 Å². The highest BCUT2D eigenvalue weighted by Gasteiger charge is 2.31. The van der Waals surface area contributed by atoms with Crippen molar-refractivity contribution >= 4 is 6.09 Å². The molecule has 5 heteroatoms. The molecule has 0 saturated carbocycles. The molecule has 1 aliphatic heterocycles. The molecule has 5 nitrogen and oxygen atoms in total. The Bertz CT molecular complexity index is 326. The Morgan fingerprint density at radius 2 is 2.09 bits per heavy atom. The number of amides is 1. The fourth-order valence-corrected chi connectivity index (χ4v) is 2.50. The number of hydrogen-bond donors (Lipinski definition) is 1. The van der Waals surface area contributed by atoms with Crippen molar-refractivity contribution in [3.05, 3.63) is 0 Å². The molecule has 1 amide bonds. The minimum absolute atomic E-state index is 0.183. The lowest BCUT2D eigenvalue weighted by Gasteiger charge is -2.28. The molecule has 1 fully saturated rings. The predicted octanol–water partition coefficient (Wildman–Crippen LogP) is 3.04. The lowest BCUT2D eigenvalue weighted by atomic mass is 10.2. The van der Waals surface area contributed by atoms with Gasteiger partial charge in [0.05, 0.1) is 0 Å². The maximum atomic E-state index is 12.2. The number of rotatable bonds is 8. The molecule has 1 unspecified atom stereocenters. The van der Waals surface area contributed by atoms with Gasteiger partial charge >= 0.3 is 6.09 Å². The molecular formula is C17H34N2O3.